The molecule has 1 N–H and O–H groups in total. The Morgan fingerprint density at radius 3 is 2.85 bits per heavy atom. The van der Waals surface area contributed by atoms with Crippen LogP contribution in [0.2, 0.25) is 0 Å². The number of ether oxygens (including phenoxy) is 1. The van der Waals surface area contributed by atoms with Crippen molar-refractivity contribution in [1.29, 1.82) is 0 Å². The minimum Gasteiger partial charge on any atom is -0.481 e. The van der Waals surface area contributed by atoms with Crippen molar-refractivity contribution in [3.05, 3.63) is 65.2 Å². The van der Waals surface area contributed by atoms with Gasteiger partial charge in [0.25, 0.3) is 0 Å². The van der Waals surface area contributed by atoms with E-state index < -0.39 is 0 Å². The van der Waals surface area contributed by atoms with Gasteiger partial charge in [0.1, 0.15) is 12.1 Å². The number of aromatic nitrogens is 4. The number of nitrogens with one attached hydrogen (secondary N) is 1. The molecule has 134 valence electrons. The molecule has 0 radical (unpaired) electrons. The molecule has 3 heterocycles. The van der Waals surface area contributed by atoms with Crippen LogP contribution in [0, 0.1) is 0 Å². The van der Waals surface area contributed by atoms with Crippen LogP contribution in [0.3, 0.4) is 0 Å². The lowest BCUT2D eigenvalue weighted by Crippen LogP contribution is -2.31. The average molecular weight is 349 g/mol. The fraction of sp³-hybridized carbons (Fsp3) is 0.350. The molecule has 4 rings (SSSR count). The zero-order chi connectivity index (χ0) is 17.9. The molecule has 2 aromatic heterocycles. The molecule has 0 saturated carbocycles. The highest BCUT2D eigenvalue weighted by atomic mass is 16.5. The van der Waals surface area contributed by atoms with Crippen molar-refractivity contribution >= 4 is 5.82 Å². The molecule has 0 amide bonds. The number of hydrogen-bond donors (Lipinski definition) is 1. The van der Waals surface area contributed by atoms with Gasteiger partial charge in [-0.15, -0.1) is 0 Å². The molecular weight excluding hydrogens is 326 g/mol. The van der Waals surface area contributed by atoms with E-state index in [0.717, 1.165) is 37.4 Å². The Balaban J connectivity index is 1.65. The van der Waals surface area contributed by atoms with Crippen LogP contribution in [0.5, 0.6) is 5.88 Å². The molecule has 0 saturated heterocycles. The summed E-state index contributed by atoms with van der Waals surface area (Å²) >= 11 is 0. The molecular formula is C20H23N5O. The topological polar surface area (TPSA) is 66.9 Å². The molecule has 0 bridgehead atoms. The molecule has 0 fully saturated rings. The molecule has 26 heavy (non-hydrogen) atoms. The molecule has 6 nitrogen and oxygen atoms in total. The Morgan fingerprint density at radius 2 is 2.08 bits per heavy atom. The average Bonchev–Trinajstić information content (AvgIpc) is 3.12. The first-order chi connectivity index (χ1) is 12.8. The minimum absolute atomic E-state index is 0.302. The van der Waals surface area contributed by atoms with Crippen LogP contribution in [0.4, 0.5) is 5.82 Å². The van der Waals surface area contributed by atoms with Gasteiger partial charge in [-0.2, -0.15) is 5.10 Å². The van der Waals surface area contributed by atoms with Crippen molar-refractivity contribution in [2.45, 2.75) is 32.2 Å². The van der Waals surface area contributed by atoms with E-state index in [4.69, 9.17) is 9.84 Å². The van der Waals surface area contributed by atoms with Gasteiger partial charge in [0, 0.05) is 42.8 Å². The predicted octanol–water partition coefficient (Wildman–Crippen LogP) is 3.31. The lowest BCUT2D eigenvalue weighted by Gasteiger charge is -2.29. The van der Waals surface area contributed by atoms with Gasteiger partial charge >= 0.3 is 0 Å². The molecule has 0 spiro atoms. The van der Waals surface area contributed by atoms with E-state index in [9.17, 15) is 0 Å². The van der Waals surface area contributed by atoms with Crippen LogP contribution in [0.15, 0.2) is 42.7 Å². The highest BCUT2D eigenvalue weighted by Crippen LogP contribution is 2.33. The molecule has 1 aliphatic rings. The van der Waals surface area contributed by atoms with E-state index in [1.54, 1.807) is 13.4 Å². The summed E-state index contributed by atoms with van der Waals surface area (Å²) in [7, 11) is 1.63. The quantitative estimate of drug-likeness (QED) is 0.765. The Hall–Kier alpha value is -2.89. The smallest absolute Gasteiger partial charge is 0.218 e. The summed E-state index contributed by atoms with van der Waals surface area (Å²) in [6, 6.07) is 12.5. The Bertz CT molecular complexity index is 877. The number of nitrogens with zero attached hydrogens (tertiary/aromatic N) is 4. The van der Waals surface area contributed by atoms with E-state index in [1.807, 2.05) is 6.07 Å². The fourth-order valence-corrected chi connectivity index (χ4v) is 3.69. The van der Waals surface area contributed by atoms with Gasteiger partial charge in [-0.1, -0.05) is 37.3 Å². The monoisotopic (exact) mass is 349 g/mol. The largest absolute Gasteiger partial charge is 0.481 e. The van der Waals surface area contributed by atoms with E-state index >= 15 is 0 Å². The standard InChI is InChI=1S/C20H23N5O/c1-3-15(14-7-5-4-6-8-14)20-16-12-25(10-9-17(16)23-24-20)18-11-19(26-2)22-13-21-18/h4-8,11,13,15H,3,9-10,12H2,1-2H3,(H,23,24)/t15-/m0/s1. The first-order valence-corrected chi connectivity index (χ1v) is 9.02. The number of benzene rings is 1. The predicted molar refractivity (Wildman–Crippen MR) is 101 cm³/mol. The van der Waals surface area contributed by atoms with Crippen molar-refractivity contribution < 1.29 is 4.74 Å². The number of aromatic amines is 1. The highest BCUT2D eigenvalue weighted by molar-refractivity contribution is 5.47. The summed E-state index contributed by atoms with van der Waals surface area (Å²) in [4.78, 5) is 10.8. The number of hydrogen-bond acceptors (Lipinski definition) is 5. The number of anilines is 1. The second-order valence-corrected chi connectivity index (χ2v) is 6.53. The minimum atomic E-state index is 0.302. The lowest BCUT2D eigenvalue weighted by atomic mass is 9.89. The number of methoxy groups -OCH3 is 1. The van der Waals surface area contributed by atoms with Gasteiger partial charge < -0.3 is 9.64 Å². The van der Waals surface area contributed by atoms with Gasteiger partial charge in [-0.25, -0.2) is 9.97 Å². The normalized spacial score (nSPS) is 14.8. The van der Waals surface area contributed by atoms with Crippen LogP contribution in [0.25, 0.3) is 0 Å². The van der Waals surface area contributed by atoms with E-state index in [2.05, 4.69) is 57.2 Å². The summed E-state index contributed by atoms with van der Waals surface area (Å²) in [6.45, 7) is 3.91. The van der Waals surface area contributed by atoms with Crippen LogP contribution in [-0.4, -0.2) is 33.8 Å². The van der Waals surface area contributed by atoms with Crippen LogP contribution in [-0.2, 0) is 13.0 Å². The second-order valence-electron chi connectivity index (χ2n) is 6.53. The molecule has 1 aromatic carbocycles. The molecule has 0 unspecified atom stereocenters. The maximum absolute atomic E-state index is 5.24. The Morgan fingerprint density at radius 1 is 1.23 bits per heavy atom. The first kappa shape index (κ1) is 16.6. The number of H-pyrrole nitrogens is 1. The summed E-state index contributed by atoms with van der Waals surface area (Å²) in [5.74, 6) is 1.78. The molecule has 1 aliphatic heterocycles. The van der Waals surface area contributed by atoms with Gasteiger partial charge in [-0.05, 0) is 12.0 Å². The SMILES string of the molecule is CC[C@@H](c1ccccc1)c1n[nH]c2c1CN(c1cc(OC)ncn1)CC2. The van der Waals surface area contributed by atoms with Crippen molar-refractivity contribution in [2.24, 2.45) is 0 Å². The lowest BCUT2D eigenvalue weighted by molar-refractivity contribution is 0.396. The summed E-state index contributed by atoms with van der Waals surface area (Å²) in [6.07, 6.45) is 3.50. The fourth-order valence-electron chi connectivity index (χ4n) is 3.69. The van der Waals surface area contributed by atoms with Crippen LogP contribution >= 0.6 is 0 Å². The van der Waals surface area contributed by atoms with Crippen LogP contribution < -0.4 is 9.64 Å². The van der Waals surface area contributed by atoms with Gasteiger partial charge in [-0.3, -0.25) is 5.10 Å². The third kappa shape index (κ3) is 3.03. The highest BCUT2D eigenvalue weighted by Gasteiger charge is 2.27. The van der Waals surface area contributed by atoms with Gasteiger partial charge in [0.05, 0.1) is 12.8 Å². The molecule has 0 aliphatic carbocycles. The van der Waals surface area contributed by atoms with Crippen molar-refractivity contribution in [3.8, 4) is 5.88 Å². The van der Waals surface area contributed by atoms with Crippen molar-refractivity contribution in [1.82, 2.24) is 20.2 Å². The molecule has 1 atom stereocenters. The van der Waals surface area contributed by atoms with Crippen LogP contribution in [0.1, 0.15) is 41.8 Å². The van der Waals surface area contributed by atoms with Gasteiger partial charge in [0.15, 0.2) is 0 Å². The molecule has 3 aromatic rings. The number of fused-ring (bicyclic) bond motifs is 1. The Kier molecular flexibility index (Phi) is 4.56. The second kappa shape index (κ2) is 7.15. The third-order valence-electron chi connectivity index (χ3n) is 5.07. The first-order valence-electron chi connectivity index (χ1n) is 9.02. The van der Waals surface area contributed by atoms with Crippen molar-refractivity contribution in [2.75, 3.05) is 18.6 Å². The van der Waals surface area contributed by atoms with E-state index in [-0.39, 0.29) is 0 Å². The molecule has 6 heteroatoms. The summed E-state index contributed by atoms with van der Waals surface area (Å²) in [5, 5.41) is 7.97. The maximum atomic E-state index is 5.24. The summed E-state index contributed by atoms with van der Waals surface area (Å²) in [5.41, 5.74) is 5.00. The zero-order valence-electron chi connectivity index (χ0n) is 15.1. The number of rotatable bonds is 5. The van der Waals surface area contributed by atoms with E-state index in [1.165, 1.54) is 16.8 Å². The summed E-state index contributed by atoms with van der Waals surface area (Å²) < 4.78 is 5.24. The van der Waals surface area contributed by atoms with E-state index in [0.29, 0.717) is 11.8 Å². The third-order valence-corrected chi connectivity index (χ3v) is 5.07. The maximum Gasteiger partial charge on any atom is 0.218 e. The zero-order valence-corrected chi connectivity index (χ0v) is 15.1. The Labute approximate surface area is 153 Å². The van der Waals surface area contributed by atoms with Crippen molar-refractivity contribution in [3.63, 3.8) is 0 Å². The van der Waals surface area contributed by atoms with Gasteiger partial charge in [0.2, 0.25) is 5.88 Å².